The van der Waals surface area contributed by atoms with E-state index in [0.717, 1.165) is 0 Å². The number of hydrogen-bond donors (Lipinski definition) is 1. The average Bonchev–Trinajstić information content (AvgIpc) is 2.27. The van der Waals surface area contributed by atoms with E-state index >= 15 is 0 Å². The molecule has 0 aliphatic carbocycles. The molecule has 0 radical (unpaired) electrons. The van der Waals surface area contributed by atoms with Gasteiger partial charge in [-0.25, -0.2) is 4.79 Å². The lowest BCUT2D eigenvalue weighted by atomic mass is 10.1. The van der Waals surface area contributed by atoms with Gasteiger partial charge in [-0.1, -0.05) is 23.2 Å². The number of benzene rings is 1. The number of carbonyl (C=O) groups excluding carboxylic acids is 1. The van der Waals surface area contributed by atoms with Crippen molar-refractivity contribution in [3.05, 3.63) is 33.3 Å². The number of cyclic esters (lactones) is 1. The quantitative estimate of drug-likeness (QED) is 0.680. The van der Waals surface area contributed by atoms with Gasteiger partial charge < -0.3 is 9.84 Å². The highest BCUT2D eigenvalue weighted by molar-refractivity contribution is 6.37. The maximum absolute atomic E-state index is 11.1. The summed E-state index contributed by atoms with van der Waals surface area (Å²) in [6.07, 6.45) is -1.25. The zero-order valence-electron chi connectivity index (χ0n) is 6.25. The second-order valence-corrected chi connectivity index (χ2v) is 3.45. The van der Waals surface area contributed by atoms with E-state index in [4.69, 9.17) is 23.2 Å². The smallest absolute Gasteiger partial charge is 0.342 e. The van der Waals surface area contributed by atoms with E-state index in [1.807, 2.05) is 0 Å². The van der Waals surface area contributed by atoms with Crippen LogP contribution in [-0.4, -0.2) is 11.1 Å². The molecule has 1 heterocycles. The van der Waals surface area contributed by atoms with Crippen molar-refractivity contribution in [2.45, 2.75) is 6.29 Å². The number of fused-ring (bicyclic) bond motifs is 1. The van der Waals surface area contributed by atoms with Crippen LogP contribution < -0.4 is 0 Å². The number of carbonyl (C=O) groups is 1. The Hall–Kier alpha value is -0.770. The second-order valence-electron chi connectivity index (χ2n) is 2.61. The second kappa shape index (κ2) is 2.87. The predicted octanol–water partition coefficient (Wildman–Crippen LogP) is 2.15. The largest absolute Gasteiger partial charge is 0.428 e. The van der Waals surface area contributed by atoms with Crippen LogP contribution in [0.5, 0.6) is 0 Å². The van der Waals surface area contributed by atoms with E-state index in [-0.39, 0.29) is 10.6 Å². The van der Waals surface area contributed by atoms with Gasteiger partial charge in [-0.15, -0.1) is 0 Å². The molecule has 0 amide bonds. The van der Waals surface area contributed by atoms with Gasteiger partial charge in [-0.2, -0.15) is 0 Å². The average molecular weight is 219 g/mol. The fraction of sp³-hybridized carbons (Fsp3) is 0.125. The summed E-state index contributed by atoms with van der Waals surface area (Å²) in [5.41, 5.74) is 0.515. The minimum Gasteiger partial charge on any atom is -0.428 e. The van der Waals surface area contributed by atoms with Gasteiger partial charge in [0.2, 0.25) is 6.29 Å². The highest BCUT2D eigenvalue weighted by Gasteiger charge is 2.32. The molecule has 1 aliphatic rings. The SMILES string of the molecule is O=C1OC(O)c2cc(Cl)cc(Cl)c21. The Morgan fingerprint density at radius 2 is 2.08 bits per heavy atom. The molecule has 0 spiro atoms. The molecule has 0 fully saturated rings. The van der Waals surface area contributed by atoms with Crippen LogP contribution >= 0.6 is 23.2 Å². The zero-order valence-corrected chi connectivity index (χ0v) is 7.76. The maximum Gasteiger partial charge on any atom is 0.342 e. The van der Waals surface area contributed by atoms with Crippen LogP contribution in [0.3, 0.4) is 0 Å². The van der Waals surface area contributed by atoms with E-state index in [0.29, 0.717) is 10.6 Å². The fourth-order valence-corrected chi connectivity index (χ4v) is 1.81. The number of esters is 1. The zero-order chi connectivity index (χ0) is 9.59. The molecular weight excluding hydrogens is 215 g/mol. The van der Waals surface area contributed by atoms with E-state index in [1.165, 1.54) is 12.1 Å². The van der Waals surface area contributed by atoms with Crippen LogP contribution in [0.1, 0.15) is 22.2 Å². The number of halogens is 2. The van der Waals surface area contributed by atoms with Crippen molar-refractivity contribution in [3.63, 3.8) is 0 Å². The lowest BCUT2D eigenvalue weighted by Gasteiger charge is -2.01. The van der Waals surface area contributed by atoms with Crippen molar-refractivity contribution in [2.24, 2.45) is 0 Å². The lowest BCUT2D eigenvalue weighted by Crippen LogP contribution is -1.96. The Labute approximate surface area is 83.8 Å². The van der Waals surface area contributed by atoms with Gasteiger partial charge in [0.05, 0.1) is 10.6 Å². The van der Waals surface area contributed by atoms with Crippen LogP contribution in [0.15, 0.2) is 12.1 Å². The molecule has 1 aromatic rings. The van der Waals surface area contributed by atoms with Crippen molar-refractivity contribution in [3.8, 4) is 0 Å². The number of aliphatic hydroxyl groups excluding tert-OH is 1. The van der Waals surface area contributed by atoms with Crippen LogP contribution in [0, 0.1) is 0 Å². The molecule has 3 nitrogen and oxygen atoms in total. The summed E-state index contributed by atoms with van der Waals surface area (Å²) in [5, 5.41) is 9.80. The molecule has 13 heavy (non-hydrogen) atoms. The molecule has 1 aromatic carbocycles. The van der Waals surface area contributed by atoms with Crippen molar-refractivity contribution < 1.29 is 14.6 Å². The third kappa shape index (κ3) is 1.29. The third-order valence-corrected chi connectivity index (χ3v) is 2.29. The summed E-state index contributed by atoms with van der Waals surface area (Å²) in [6.45, 7) is 0. The van der Waals surface area contributed by atoms with Gasteiger partial charge in [-0.3, -0.25) is 0 Å². The molecule has 0 saturated heterocycles. The van der Waals surface area contributed by atoms with Gasteiger partial charge in [0.25, 0.3) is 0 Å². The van der Waals surface area contributed by atoms with Gasteiger partial charge >= 0.3 is 5.97 Å². The molecule has 1 unspecified atom stereocenters. The minimum absolute atomic E-state index is 0.193. The van der Waals surface area contributed by atoms with Crippen molar-refractivity contribution in [1.82, 2.24) is 0 Å². The molecule has 0 bridgehead atoms. The molecule has 68 valence electrons. The first-order valence-corrected chi connectivity index (χ1v) is 4.23. The summed E-state index contributed by atoms with van der Waals surface area (Å²) in [5.74, 6) is -0.621. The van der Waals surface area contributed by atoms with Crippen LogP contribution in [0.2, 0.25) is 10.0 Å². The summed E-state index contributed by atoms with van der Waals surface area (Å²) >= 11 is 11.4. The fourth-order valence-electron chi connectivity index (χ4n) is 1.23. The van der Waals surface area contributed by atoms with E-state index in [2.05, 4.69) is 4.74 Å². The Kier molecular flexibility index (Phi) is 1.95. The number of rotatable bonds is 0. The molecule has 1 aliphatic heterocycles. The topological polar surface area (TPSA) is 46.5 Å². The van der Waals surface area contributed by atoms with Crippen molar-refractivity contribution in [1.29, 1.82) is 0 Å². The Balaban J connectivity index is 2.69. The summed E-state index contributed by atoms with van der Waals surface area (Å²) in [4.78, 5) is 11.1. The van der Waals surface area contributed by atoms with Gasteiger partial charge in [0.1, 0.15) is 0 Å². The highest BCUT2D eigenvalue weighted by Crippen LogP contribution is 2.35. The van der Waals surface area contributed by atoms with E-state index in [1.54, 1.807) is 0 Å². The molecule has 2 rings (SSSR count). The summed E-state index contributed by atoms with van der Waals surface area (Å²) in [7, 11) is 0. The molecule has 0 saturated carbocycles. The Morgan fingerprint density at radius 1 is 1.38 bits per heavy atom. The number of ether oxygens (including phenoxy) is 1. The highest BCUT2D eigenvalue weighted by atomic mass is 35.5. The van der Waals surface area contributed by atoms with E-state index in [9.17, 15) is 9.90 Å². The third-order valence-electron chi connectivity index (χ3n) is 1.77. The number of hydrogen-bond acceptors (Lipinski definition) is 3. The van der Waals surface area contributed by atoms with Crippen molar-refractivity contribution in [2.75, 3.05) is 0 Å². The van der Waals surface area contributed by atoms with Gasteiger partial charge in [-0.05, 0) is 12.1 Å². The number of aliphatic hydroxyl groups is 1. The predicted molar refractivity (Wildman–Crippen MR) is 46.8 cm³/mol. The van der Waals surface area contributed by atoms with Crippen LogP contribution in [-0.2, 0) is 4.74 Å². The molecule has 0 aromatic heterocycles. The normalized spacial score (nSPS) is 19.9. The molecule has 1 N–H and O–H groups in total. The maximum atomic E-state index is 11.1. The molecule has 5 heteroatoms. The lowest BCUT2D eigenvalue weighted by molar-refractivity contribution is -0.0547. The molecule has 1 atom stereocenters. The van der Waals surface area contributed by atoms with Gasteiger partial charge in [0, 0.05) is 10.6 Å². The van der Waals surface area contributed by atoms with Crippen molar-refractivity contribution >= 4 is 29.2 Å². The minimum atomic E-state index is -1.25. The van der Waals surface area contributed by atoms with E-state index < -0.39 is 12.3 Å². The summed E-state index contributed by atoms with van der Waals surface area (Å²) < 4.78 is 4.54. The molecular formula is C8H4Cl2O3. The van der Waals surface area contributed by atoms with Crippen LogP contribution in [0.4, 0.5) is 0 Å². The monoisotopic (exact) mass is 218 g/mol. The summed E-state index contributed by atoms with van der Waals surface area (Å²) in [6, 6.07) is 2.89. The first kappa shape index (κ1) is 8.81. The van der Waals surface area contributed by atoms with Gasteiger partial charge in [0.15, 0.2) is 0 Å². The standard InChI is InChI=1S/C8H4Cl2O3/c9-3-1-4-6(5(10)2-3)8(12)13-7(4)11/h1-2,7,11H. The first-order chi connectivity index (χ1) is 6.09. The first-order valence-electron chi connectivity index (χ1n) is 3.47. The Bertz CT molecular complexity index is 389. The Morgan fingerprint density at radius 3 is 2.77 bits per heavy atom. The van der Waals surface area contributed by atoms with Crippen LogP contribution in [0.25, 0.3) is 0 Å².